The number of amides is 3. The van der Waals surface area contributed by atoms with Crippen molar-refractivity contribution in [2.75, 3.05) is 30.8 Å². The lowest BCUT2D eigenvalue weighted by Crippen LogP contribution is -2.41. The Kier molecular flexibility index (Phi) is 8.18. The molecule has 0 bridgehead atoms. The van der Waals surface area contributed by atoms with Crippen molar-refractivity contribution < 1.29 is 28.3 Å². The third-order valence-corrected chi connectivity index (χ3v) is 5.86. The highest BCUT2D eigenvalue weighted by Crippen LogP contribution is 2.20. The van der Waals surface area contributed by atoms with E-state index in [9.17, 15) is 23.2 Å². The maximum absolute atomic E-state index is 13.5. The maximum atomic E-state index is 13.5. The summed E-state index contributed by atoms with van der Waals surface area (Å²) in [7, 11) is 1.59. The Hall–Kier alpha value is -4.09. The number of benzene rings is 1. The number of hydrazone groups is 1. The van der Waals surface area contributed by atoms with Crippen molar-refractivity contribution in [1.82, 2.24) is 14.9 Å². The number of pyridine rings is 1. The highest BCUT2D eigenvalue weighted by atomic mass is 19.3. The Balaban J connectivity index is 1.53. The summed E-state index contributed by atoms with van der Waals surface area (Å²) in [5, 5.41) is 19.1. The van der Waals surface area contributed by atoms with Crippen molar-refractivity contribution in [2.45, 2.75) is 38.7 Å². The van der Waals surface area contributed by atoms with E-state index in [0.717, 1.165) is 10.6 Å². The first-order chi connectivity index (χ1) is 17.0. The van der Waals surface area contributed by atoms with Gasteiger partial charge in [0.2, 0.25) is 5.91 Å². The number of hydrogen-bond acceptors (Lipinski definition) is 6. The Bertz CT molecular complexity index is 1160. The second-order valence-electron chi connectivity index (χ2n) is 8.54. The minimum Gasteiger partial charge on any atom is -0.477 e. The van der Waals surface area contributed by atoms with Crippen molar-refractivity contribution in [1.29, 1.82) is 0 Å². The van der Waals surface area contributed by atoms with Gasteiger partial charge in [-0.05, 0) is 37.1 Å². The molecule has 0 radical (unpaired) electrons. The van der Waals surface area contributed by atoms with Gasteiger partial charge in [0, 0.05) is 31.9 Å². The molecule has 1 aromatic carbocycles. The number of carboxylic acids is 1. The average Bonchev–Trinajstić information content (AvgIpc) is 3.28. The summed E-state index contributed by atoms with van der Waals surface area (Å²) in [5.41, 5.74) is 2.74. The van der Waals surface area contributed by atoms with Gasteiger partial charge < -0.3 is 15.3 Å². The summed E-state index contributed by atoms with van der Waals surface area (Å²) in [6, 6.07) is 9.72. The first kappa shape index (κ1) is 26.5. The molecule has 0 spiro atoms. The largest absolute Gasteiger partial charge is 0.477 e. The van der Waals surface area contributed by atoms with E-state index in [-0.39, 0.29) is 18.9 Å². The number of carbonyl (C=O) groups is 3. The van der Waals surface area contributed by atoms with Gasteiger partial charge in [0.15, 0.2) is 0 Å². The number of carbonyl (C=O) groups excluding carboxylic acids is 2. The normalized spacial score (nSPS) is 14.1. The molecule has 36 heavy (non-hydrogen) atoms. The summed E-state index contributed by atoms with van der Waals surface area (Å²) in [4.78, 5) is 41.3. The number of likely N-dealkylation sites (N-methyl/N-ethyl adjacent to an activating group) is 1. The molecule has 0 fully saturated rings. The van der Waals surface area contributed by atoms with Crippen LogP contribution in [0.4, 0.5) is 25.1 Å². The van der Waals surface area contributed by atoms with Crippen LogP contribution in [0.2, 0.25) is 0 Å². The Morgan fingerprint density at radius 1 is 1.19 bits per heavy atom. The van der Waals surface area contributed by atoms with Gasteiger partial charge in [0.25, 0.3) is 0 Å². The van der Waals surface area contributed by atoms with Crippen LogP contribution >= 0.6 is 0 Å². The zero-order valence-corrected chi connectivity index (χ0v) is 20.2. The standard InChI is InChI=1S/C24H28F2N6O4/c1-15-6-4-5-7-18(15)28-23(36)29-20-9-8-17(13-27-20)12-21(33)31(3)16(2)19-10-11-32(30-19)14-24(25,26)22(34)35/h4-9,13,16H,10-12,14H2,1-3H3,(H,34,35)(H2,27,28,29,36). The van der Waals surface area contributed by atoms with E-state index in [1.54, 1.807) is 32.2 Å². The molecular formula is C24H28F2N6O4. The van der Waals surface area contributed by atoms with Crippen molar-refractivity contribution in [2.24, 2.45) is 5.10 Å². The molecule has 192 valence electrons. The average molecular weight is 503 g/mol. The number of aromatic nitrogens is 1. The molecule has 1 aliphatic rings. The van der Waals surface area contributed by atoms with Crippen molar-refractivity contribution in [3.8, 4) is 0 Å². The van der Waals surface area contributed by atoms with Crippen LogP contribution in [0.25, 0.3) is 0 Å². The molecule has 3 amide bonds. The van der Waals surface area contributed by atoms with E-state index in [1.165, 1.54) is 11.1 Å². The van der Waals surface area contributed by atoms with Crippen LogP contribution in [0.3, 0.4) is 0 Å². The van der Waals surface area contributed by atoms with E-state index >= 15 is 0 Å². The molecule has 3 N–H and O–H groups in total. The zero-order valence-electron chi connectivity index (χ0n) is 20.2. The van der Waals surface area contributed by atoms with E-state index in [4.69, 9.17) is 5.11 Å². The number of para-hydroxylation sites is 1. The lowest BCUT2D eigenvalue weighted by molar-refractivity contribution is -0.167. The molecule has 0 aliphatic carbocycles. The van der Waals surface area contributed by atoms with Gasteiger partial charge in [-0.3, -0.25) is 15.1 Å². The second-order valence-corrected chi connectivity index (χ2v) is 8.54. The number of nitrogens with zero attached hydrogens (tertiary/aromatic N) is 4. The van der Waals surface area contributed by atoms with Crippen molar-refractivity contribution in [3.63, 3.8) is 0 Å². The van der Waals surface area contributed by atoms with Crippen LogP contribution in [-0.2, 0) is 16.0 Å². The molecular weight excluding hydrogens is 474 g/mol. The number of aryl methyl sites for hydroxylation is 1. The number of halogens is 2. The van der Waals surface area contributed by atoms with Gasteiger partial charge in [-0.15, -0.1) is 0 Å². The molecule has 1 atom stereocenters. The van der Waals surface area contributed by atoms with Crippen LogP contribution in [0, 0.1) is 6.92 Å². The van der Waals surface area contributed by atoms with E-state index in [0.29, 0.717) is 29.2 Å². The van der Waals surface area contributed by atoms with Crippen LogP contribution < -0.4 is 10.6 Å². The summed E-state index contributed by atoms with van der Waals surface area (Å²) in [6.45, 7) is 2.74. The fraction of sp³-hybridized carbons (Fsp3) is 0.375. The van der Waals surface area contributed by atoms with Crippen LogP contribution in [0.5, 0.6) is 0 Å². The highest BCUT2D eigenvalue weighted by molar-refractivity contribution is 5.99. The lowest BCUT2D eigenvalue weighted by atomic mass is 10.1. The third kappa shape index (κ3) is 6.74. The number of carboxylic acid groups (broad SMARTS) is 1. The smallest absolute Gasteiger partial charge is 0.376 e. The van der Waals surface area contributed by atoms with Crippen LogP contribution in [-0.4, -0.2) is 75.7 Å². The second kappa shape index (κ2) is 11.1. The number of urea groups is 1. The van der Waals surface area contributed by atoms with E-state index in [1.807, 2.05) is 25.1 Å². The van der Waals surface area contributed by atoms with Gasteiger partial charge in [-0.25, -0.2) is 14.6 Å². The van der Waals surface area contributed by atoms with Crippen molar-refractivity contribution >= 4 is 35.1 Å². The Morgan fingerprint density at radius 2 is 1.92 bits per heavy atom. The molecule has 1 aliphatic heterocycles. The monoisotopic (exact) mass is 502 g/mol. The number of aliphatic carboxylic acids is 1. The van der Waals surface area contributed by atoms with Gasteiger partial charge in [0.1, 0.15) is 12.4 Å². The topological polar surface area (TPSA) is 127 Å². The van der Waals surface area contributed by atoms with Crippen LogP contribution in [0.1, 0.15) is 24.5 Å². The third-order valence-electron chi connectivity index (χ3n) is 5.86. The summed E-state index contributed by atoms with van der Waals surface area (Å²) < 4.78 is 26.9. The van der Waals surface area contributed by atoms with E-state index < -0.39 is 30.5 Å². The summed E-state index contributed by atoms with van der Waals surface area (Å²) in [5.74, 6) is -6.02. The Morgan fingerprint density at radius 3 is 2.56 bits per heavy atom. The Labute approximate surface area is 207 Å². The molecule has 1 aromatic heterocycles. The number of nitrogens with one attached hydrogen (secondary N) is 2. The first-order valence-electron chi connectivity index (χ1n) is 11.2. The lowest BCUT2D eigenvalue weighted by Gasteiger charge is -2.25. The summed E-state index contributed by atoms with van der Waals surface area (Å²) in [6.07, 6.45) is 1.88. The number of anilines is 2. The molecule has 12 heteroatoms. The fourth-order valence-electron chi connectivity index (χ4n) is 3.55. The molecule has 0 saturated carbocycles. The van der Waals surface area contributed by atoms with Gasteiger partial charge in [-0.2, -0.15) is 13.9 Å². The predicted molar refractivity (Wildman–Crippen MR) is 130 cm³/mol. The number of alkyl halides is 2. The molecule has 0 saturated heterocycles. The molecule has 1 unspecified atom stereocenters. The predicted octanol–water partition coefficient (Wildman–Crippen LogP) is 3.21. The van der Waals surface area contributed by atoms with Crippen LogP contribution in [0.15, 0.2) is 47.7 Å². The molecule has 2 heterocycles. The minimum atomic E-state index is -3.90. The summed E-state index contributed by atoms with van der Waals surface area (Å²) >= 11 is 0. The minimum absolute atomic E-state index is 0.0393. The molecule has 2 aromatic rings. The highest BCUT2D eigenvalue weighted by Gasteiger charge is 2.42. The number of hydrogen-bond donors (Lipinski definition) is 3. The zero-order chi connectivity index (χ0) is 26.5. The maximum Gasteiger partial charge on any atom is 0.376 e. The molecule has 10 nitrogen and oxygen atoms in total. The number of rotatable bonds is 9. The molecule has 3 rings (SSSR count). The SMILES string of the molecule is Cc1ccccc1NC(=O)Nc1ccc(CC(=O)N(C)C(C)C2=NN(CC(F)(F)C(=O)O)CC2)cn1. The van der Waals surface area contributed by atoms with E-state index in [2.05, 4.69) is 20.7 Å². The first-order valence-corrected chi connectivity index (χ1v) is 11.2. The van der Waals surface area contributed by atoms with Gasteiger partial charge in [-0.1, -0.05) is 24.3 Å². The fourth-order valence-corrected chi connectivity index (χ4v) is 3.55. The van der Waals surface area contributed by atoms with Crippen molar-refractivity contribution in [3.05, 3.63) is 53.7 Å². The quantitative estimate of drug-likeness (QED) is 0.483. The van der Waals surface area contributed by atoms with Gasteiger partial charge in [0.05, 0.1) is 18.2 Å². The van der Waals surface area contributed by atoms with Gasteiger partial charge >= 0.3 is 17.9 Å².